The second-order valence-electron chi connectivity index (χ2n) is 9.96. The molecule has 2 fully saturated rings. The molecule has 2 amide bonds. The second kappa shape index (κ2) is 10.1. The van der Waals surface area contributed by atoms with Crippen LogP contribution in [0, 0.1) is 5.92 Å². The number of amides is 2. The highest BCUT2D eigenvalue weighted by Gasteiger charge is 2.33. The fourth-order valence-corrected chi connectivity index (χ4v) is 5.00. The zero-order chi connectivity index (χ0) is 25.3. The number of carbonyl (C=O) groups is 2. The first-order valence-corrected chi connectivity index (χ1v) is 12.7. The van der Waals surface area contributed by atoms with Crippen molar-refractivity contribution in [2.45, 2.75) is 64.5 Å². The molecule has 0 radical (unpaired) electrons. The van der Waals surface area contributed by atoms with E-state index in [1.54, 1.807) is 18.7 Å². The van der Waals surface area contributed by atoms with Gasteiger partial charge in [0, 0.05) is 43.0 Å². The summed E-state index contributed by atoms with van der Waals surface area (Å²) >= 11 is 0.879. The van der Waals surface area contributed by atoms with Crippen molar-refractivity contribution in [3.05, 3.63) is 28.5 Å². The molecule has 1 saturated carbocycles. The van der Waals surface area contributed by atoms with Crippen LogP contribution in [0.15, 0.2) is 12.3 Å². The van der Waals surface area contributed by atoms with Gasteiger partial charge in [0.05, 0.1) is 10.5 Å². The van der Waals surface area contributed by atoms with Gasteiger partial charge in [-0.15, -0.1) is 11.3 Å². The number of likely N-dealkylation sites (tertiary alicyclic amines) is 1. The van der Waals surface area contributed by atoms with Gasteiger partial charge in [0.15, 0.2) is 5.01 Å². The van der Waals surface area contributed by atoms with Gasteiger partial charge in [-0.05, 0) is 58.4 Å². The van der Waals surface area contributed by atoms with Crippen molar-refractivity contribution >= 4 is 29.0 Å². The van der Waals surface area contributed by atoms with Crippen molar-refractivity contribution in [2.24, 2.45) is 5.92 Å². The highest BCUT2D eigenvalue weighted by molar-refractivity contribution is 7.17. The van der Waals surface area contributed by atoms with Crippen molar-refractivity contribution in [3.8, 4) is 10.4 Å². The summed E-state index contributed by atoms with van der Waals surface area (Å²) in [5, 5.41) is 15.6. The first-order valence-electron chi connectivity index (χ1n) is 11.9. The molecule has 1 aliphatic heterocycles. The molecule has 0 bridgehead atoms. The Labute approximate surface area is 207 Å². The molecule has 4 rings (SSSR count). The van der Waals surface area contributed by atoms with Crippen molar-refractivity contribution in [1.82, 2.24) is 20.2 Å². The quantitative estimate of drug-likeness (QED) is 0.472. The van der Waals surface area contributed by atoms with E-state index >= 15 is 0 Å². The number of anilines is 1. The zero-order valence-corrected chi connectivity index (χ0v) is 20.9. The van der Waals surface area contributed by atoms with Gasteiger partial charge in [0.1, 0.15) is 11.5 Å². The number of hydrogen-bond donors (Lipinski definition) is 3. The molecule has 2 aromatic rings. The van der Waals surface area contributed by atoms with E-state index in [-0.39, 0.29) is 45.2 Å². The Bertz CT molecular complexity index is 1100. The van der Waals surface area contributed by atoms with E-state index in [0.717, 1.165) is 37.0 Å². The molecule has 3 N–H and O–H groups in total. The molecule has 1 unspecified atom stereocenters. The molecular formula is C24H31F2N5O3S. The van der Waals surface area contributed by atoms with Gasteiger partial charge in [0.2, 0.25) is 0 Å². The molecular weight excluding hydrogens is 476 g/mol. The third-order valence-corrected chi connectivity index (χ3v) is 7.29. The van der Waals surface area contributed by atoms with Crippen molar-refractivity contribution in [2.75, 3.05) is 25.0 Å². The zero-order valence-electron chi connectivity index (χ0n) is 20.1. The number of carbonyl (C=O) groups excluding carboxylic acids is 2. The van der Waals surface area contributed by atoms with Crippen LogP contribution in [-0.2, 0) is 0 Å². The Balaban J connectivity index is 1.72. The van der Waals surface area contributed by atoms with Crippen LogP contribution >= 0.6 is 11.3 Å². The van der Waals surface area contributed by atoms with E-state index in [2.05, 4.69) is 20.6 Å². The number of aromatic nitrogens is 2. The molecule has 1 saturated heterocycles. The Hall–Kier alpha value is -2.66. The first kappa shape index (κ1) is 25.4. The van der Waals surface area contributed by atoms with Crippen molar-refractivity contribution in [3.63, 3.8) is 0 Å². The molecule has 3 heterocycles. The molecule has 8 nitrogen and oxygen atoms in total. The summed E-state index contributed by atoms with van der Waals surface area (Å²) in [5.74, 6) is -0.0746. The lowest BCUT2D eigenvalue weighted by Gasteiger charge is -2.21. The summed E-state index contributed by atoms with van der Waals surface area (Å²) in [7, 11) is 0. The van der Waals surface area contributed by atoms with Gasteiger partial charge >= 0.3 is 0 Å². The van der Waals surface area contributed by atoms with Crippen LogP contribution < -0.4 is 10.6 Å². The van der Waals surface area contributed by atoms with Gasteiger partial charge in [-0.2, -0.15) is 0 Å². The second-order valence-corrected chi connectivity index (χ2v) is 11.0. The fourth-order valence-electron chi connectivity index (χ4n) is 4.00. The van der Waals surface area contributed by atoms with E-state index in [1.807, 2.05) is 6.92 Å². The number of thiazole rings is 1. The molecule has 11 heteroatoms. The highest BCUT2D eigenvalue weighted by atomic mass is 32.1. The van der Waals surface area contributed by atoms with Gasteiger partial charge in [-0.3, -0.25) is 9.59 Å². The molecule has 1 atom stereocenters. The minimum absolute atomic E-state index is 0.00814. The van der Waals surface area contributed by atoms with Crippen molar-refractivity contribution in [1.29, 1.82) is 0 Å². The average molecular weight is 508 g/mol. The first-order chi connectivity index (χ1) is 16.5. The topological polar surface area (TPSA) is 107 Å². The summed E-state index contributed by atoms with van der Waals surface area (Å²) in [6, 6.07) is 1.30. The Kier molecular flexibility index (Phi) is 7.37. The summed E-state index contributed by atoms with van der Waals surface area (Å²) in [4.78, 5) is 36.6. The van der Waals surface area contributed by atoms with Crippen molar-refractivity contribution < 1.29 is 23.5 Å². The number of hydrogen-bond acceptors (Lipinski definition) is 7. The lowest BCUT2D eigenvalue weighted by molar-refractivity contribution is 0.0692. The number of aliphatic hydroxyl groups is 1. The Morgan fingerprint density at radius 2 is 2.06 bits per heavy atom. The van der Waals surface area contributed by atoms with Crippen LogP contribution in [0.5, 0.6) is 0 Å². The van der Waals surface area contributed by atoms with Gasteiger partial charge in [-0.25, -0.2) is 18.7 Å². The minimum atomic E-state index is -2.81. The SMILES string of the molecule is CC1CCCN1C(=O)c1nc(C(=O)NCC(C)(C)O)sc1-c1cnc(NCC2CC2)cc1C(F)F. The van der Waals surface area contributed by atoms with Crippen LogP contribution in [0.3, 0.4) is 0 Å². The van der Waals surface area contributed by atoms with Crippen LogP contribution in [0.1, 0.15) is 78.7 Å². The van der Waals surface area contributed by atoms with Crippen LogP contribution in [0.4, 0.5) is 14.6 Å². The summed E-state index contributed by atoms with van der Waals surface area (Å²) < 4.78 is 28.3. The summed E-state index contributed by atoms with van der Waals surface area (Å²) in [6.07, 6.45) is 2.44. The minimum Gasteiger partial charge on any atom is -0.389 e. The number of halogens is 2. The van der Waals surface area contributed by atoms with Crippen LogP contribution in [0.25, 0.3) is 10.4 Å². The number of nitrogens with zero attached hydrogens (tertiary/aromatic N) is 3. The number of rotatable bonds is 9. The highest BCUT2D eigenvalue weighted by Crippen LogP contribution is 2.39. The summed E-state index contributed by atoms with van der Waals surface area (Å²) in [5.41, 5.74) is -1.35. The predicted molar refractivity (Wildman–Crippen MR) is 130 cm³/mol. The molecule has 0 spiro atoms. The van der Waals surface area contributed by atoms with E-state index in [0.29, 0.717) is 24.8 Å². The predicted octanol–water partition coefficient (Wildman–Crippen LogP) is 4.09. The smallest absolute Gasteiger partial charge is 0.280 e. The maximum atomic E-state index is 14.1. The standard InChI is InChI=1S/C24H31F2N5O3S/c1-13-5-4-8-31(13)23(33)18-19(35-22(30-18)21(32)29-12-24(2,3)34)16-11-28-17(9-15(16)20(25)26)27-10-14-6-7-14/h9,11,13-14,20,34H,4-8,10,12H2,1-3H3,(H,27,28)(H,29,32). The monoisotopic (exact) mass is 507 g/mol. The Morgan fingerprint density at radius 1 is 1.31 bits per heavy atom. The maximum Gasteiger partial charge on any atom is 0.280 e. The molecule has 2 aromatic heterocycles. The number of nitrogens with one attached hydrogen (secondary N) is 2. The maximum absolute atomic E-state index is 14.1. The number of alkyl halides is 2. The molecule has 2 aliphatic rings. The lowest BCUT2D eigenvalue weighted by atomic mass is 10.1. The Morgan fingerprint density at radius 3 is 2.66 bits per heavy atom. The van der Waals surface area contributed by atoms with E-state index in [4.69, 9.17) is 0 Å². The van der Waals surface area contributed by atoms with Gasteiger partial charge in [-0.1, -0.05) is 0 Å². The molecule has 190 valence electrons. The normalized spacial score (nSPS) is 18.3. The van der Waals surface area contributed by atoms with Crippen LogP contribution in [0.2, 0.25) is 0 Å². The fraction of sp³-hybridized carbons (Fsp3) is 0.583. The largest absolute Gasteiger partial charge is 0.389 e. The summed E-state index contributed by atoms with van der Waals surface area (Å²) in [6.45, 7) is 6.21. The third-order valence-electron chi connectivity index (χ3n) is 6.20. The average Bonchev–Trinajstić information content (AvgIpc) is 3.36. The lowest BCUT2D eigenvalue weighted by Crippen LogP contribution is -2.38. The number of pyridine rings is 1. The van der Waals surface area contributed by atoms with Gasteiger partial charge < -0.3 is 20.6 Å². The molecule has 35 heavy (non-hydrogen) atoms. The van der Waals surface area contributed by atoms with E-state index < -0.39 is 17.9 Å². The molecule has 0 aromatic carbocycles. The van der Waals surface area contributed by atoms with E-state index in [1.165, 1.54) is 12.3 Å². The van der Waals surface area contributed by atoms with Crippen LogP contribution in [-0.4, -0.2) is 63.1 Å². The third kappa shape index (κ3) is 6.13. The van der Waals surface area contributed by atoms with Gasteiger partial charge in [0.25, 0.3) is 18.2 Å². The molecule has 1 aliphatic carbocycles. The van der Waals surface area contributed by atoms with E-state index in [9.17, 15) is 23.5 Å².